The molecule has 8 heteroatoms. The van der Waals surface area contributed by atoms with E-state index in [1.54, 1.807) is 24.3 Å². The molecule has 0 unspecified atom stereocenters. The van der Waals surface area contributed by atoms with Crippen molar-refractivity contribution in [3.05, 3.63) is 70.8 Å². The molecule has 0 aromatic heterocycles. The Morgan fingerprint density at radius 2 is 1.09 bits per heavy atom. The lowest BCUT2D eigenvalue weighted by atomic mass is 9.97. The predicted molar refractivity (Wildman–Crippen MR) is 126 cm³/mol. The molecule has 0 aliphatic carbocycles. The lowest BCUT2D eigenvalue weighted by molar-refractivity contribution is -0.129. The van der Waals surface area contributed by atoms with Crippen LogP contribution in [0, 0.1) is 0 Å². The molecule has 7 nitrogen and oxygen atoms in total. The zero-order valence-corrected chi connectivity index (χ0v) is 19.2. The molecule has 0 atom stereocenters. The molecule has 0 fully saturated rings. The Bertz CT molecular complexity index is 988. The van der Waals surface area contributed by atoms with Gasteiger partial charge in [-0.25, -0.2) is 0 Å². The van der Waals surface area contributed by atoms with Crippen LogP contribution < -0.4 is 5.73 Å². The lowest BCUT2D eigenvalue weighted by Gasteiger charge is -2.28. The fraction of sp³-hybridized carbons (Fsp3) is 0.360. The Kier molecular flexibility index (Phi) is 8.00. The van der Waals surface area contributed by atoms with E-state index in [1.807, 2.05) is 24.3 Å². The molecule has 2 aliphatic heterocycles. The summed E-state index contributed by atoms with van der Waals surface area (Å²) < 4.78 is 0. The summed E-state index contributed by atoms with van der Waals surface area (Å²) >= 11 is 0. The van der Waals surface area contributed by atoms with Crippen molar-refractivity contribution in [2.75, 3.05) is 13.1 Å². The standard InChI is InChI=1S/C25H27N3O4.ClH/c26-19(9-5-13-27-22(29)15-17-7-1-3-11-20(17)24(27)31)10-6-14-28-23(30)16-18-8-2-4-12-21(18)25(28)32;/h1-4,7-8,11-12,19H,5-6,9-10,13-16,26H2;1H. The fourth-order valence-corrected chi connectivity index (χ4v) is 4.42. The maximum atomic E-state index is 12.6. The van der Waals surface area contributed by atoms with Crippen LogP contribution in [0.1, 0.15) is 57.5 Å². The zero-order valence-electron chi connectivity index (χ0n) is 18.4. The average molecular weight is 470 g/mol. The number of rotatable bonds is 8. The van der Waals surface area contributed by atoms with E-state index in [9.17, 15) is 19.2 Å². The third-order valence-corrected chi connectivity index (χ3v) is 6.18. The number of benzene rings is 2. The number of halogens is 1. The highest BCUT2D eigenvalue weighted by atomic mass is 35.5. The average Bonchev–Trinajstić information content (AvgIpc) is 2.78. The number of hydrogen-bond acceptors (Lipinski definition) is 5. The van der Waals surface area contributed by atoms with Crippen LogP contribution in [0.25, 0.3) is 0 Å². The summed E-state index contributed by atoms with van der Waals surface area (Å²) in [6, 6.07) is 14.3. The SMILES string of the molecule is Cl.NC(CCCN1C(=O)Cc2ccccc2C1=O)CCCN1C(=O)Cc2ccccc2C1=O. The summed E-state index contributed by atoms with van der Waals surface area (Å²) in [7, 11) is 0. The maximum absolute atomic E-state index is 12.6. The second-order valence-electron chi connectivity index (χ2n) is 8.41. The van der Waals surface area contributed by atoms with E-state index in [1.165, 1.54) is 9.80 Å². The Hall–Kier alpha value is -3.03. The summed E-state index contributed by atoms with van der Waals surface area (Å²) in [5.74, 6) is -0.838. The van der Waals surface area contributed by atoms with Gasteiger partial charge in [0.05, 0.1) is 12.8 Å². The van der Waals surface area contributed by atoms with Crippen molar-refractivity contribution in [3.8, 4) is 0 Å². The van der Waals surface area contributed by atoms with Gasteiger partial charge in [0.15, 0.2) is 0 Å². The molecule has 2 heterocycles. The molecule has 2 N–H and O–H groups in total. The van der Waals surface area contributed by atoms with Gasteiger partial charge in [0.2, 0.25) is 11.8 Å². The number of nitrogens with zero attached hydrogens (tertiary/aromatic N) is 2. The van der Waals surface area contributed by atoms with Gasteiger partial charge < -0.3 is 5.73 Å². The number of carbonyl (C=O) groups excluding carboxylic acids is 4. The highest BCUT2D eigenvalue weighted by Gasteiger charge is 2.31. The van der Waals surface area contributed by atoms with Crippen LogP contribution in [0.15, 0.2) is 48.5 Å². The Morgan fingerprint density at radius 3 is 1.52 bits per heavy atom. The molecule has 0 radical (unpaired) electrons. The van der Waals surface area contributed by atoms with Crippen LogP contribution >= 0.6 is 12.4 Å². The van der Waals surface area contributed by atoms with E-state index in [-0.39, 0.29) is 54.9 Å². The lowest BCUT2D eigenvalue weighted by Crippen LogP contribution is -2.43. The van der Waals surface area contributed by atoms with Gasteiger partial charge in [-0.15, -0.1) is 12.4 Å². The number of imide groups is 2. The van der Waals surface area contributed by atoms with Crippen LogP contribution in [-0.4, -0.2) is 52.6 Å². The molecule has 4 amide bonds. The van der Waals surface area contributed by atoms with E-state index in [4.69, 9.17) is 5.73 Å². The number of hydrogen-bond donors (Lipinski definition) is 1. The second kappa shape index (κ2) is 10.7. The second-order valence-corrected chi connectivity index (χ2v) is 8.41. The molecule has 2 aliphatic rings. The Balaban J connectivity index is 0.00000306. The summed E-state index contributed by atoms with van der Waals surface area (Å²) in [5, 5.41) is 0. The van der Waals surface area contributed by atoms with Crippen molar-refractivity contribution in [2.45, 2.75) is 44.6 Å². The van der Waals surface area contributed by atoms with Crippen molar-refractivity contribution in [1.82, 2.24) is 9.80 Å². The van der Waals surface area contributed by atoms with Crippen molar-refractivity contribution in [2.24, 2.45) is 5.73 Å². The largest absolute Gasteiger partial charge is 0.328 e. The van der Waals surface area contributed by atoms with Crippen molar-refractivity contribution in [3.63, 3.8) is 0 Å². The summed E-state index contributed by atoms with van der Waals surface area (Å²) in [6.07, 6.45) is 3.04. The van der Waals surface area contributed by atoms with Gasteiger partial charge in [-0.05, 0) is 48.9 Å². The zero-order chi connectivity index (χ0) is 22.7. The van der Waals surface area contributed by atoms with Crippen LogP contribution in [-0.2, 0) is 22.4 Å². The minimum absolute atomic E-state index is 0. The van der Waals surface area contributed by atoms with E-state index < -0.39 is 0 Å². The third-order valence-electron chi connectivity index (χ3n) is 6.18. The molecule has 0 saturated heterocycles. The first kappa shape index (κ1) is 24.6. The quantitative estimate of drug-likeness (QED) is 0.599. The molecule has 4 rings (SSSR count). The van der Waals surface area contributed by atoms with Gasteiger partial charge in [-0.2, -0.15) is 0 Å². The number of nitrogens with two attached hydrogens (primary N) is 1. The van der Waals surface area contributed by atoms with E-state index in [0.717, 1.165) is 11.1 Å². The van der Waals surface area contributed by atoms with E-state index in [2.05, 4.69) is 0 Å². The molecule has 0 saturated carbocycles. The first-order valence-corrected chi connectivity index (χ1v) is 11.1. The molecular weight excluding hydrogens is 442 g/mol. The highest BCUT2D eigenvalue weighted by molar-refractivity contribution is 6.10. The van der Waals surface area contributed by atoms with Gasteiger partial charge in [-0.3, -0.25) is 29.0 Å². The molecule has 174 valence electrons. The normalized spacial score (nSPS) is 15.5. The molecule has 2 aromatic rings. The topological polar surface area (TPSA) is 101 Å². The summed E-state index contributed by atoms with van der Waals surface area (Å²) in [5.41, 5.74) is 8.96. The third kappa shape index (κ3) is 5.31. The van der Waals surface area contributed by atoms with Crippen LogP contribution in [0.4, 0.5) is 0 Å². The Morgan fingerprint density at radius 1 is 0.697 bits per heavy atom. The molecular formula is C25H28ClN3O4. The van der Waals surface area contributed by atoms with Crippen molar-refractivity contribution >= 4 is 36.0 Å². The molecule has 0 spiro atoms. The number of amides is 4. The van der Waals surface area contributed by atoms with Gasteiger partial charge in [0.25, 0.3) is 11.8 Å². The van der Waals surface area contributed by atoms with E-state index >= 15 is 0 Å². The van der Waals surface area contributed by atoms with Gasteiger partial charge in [-0.1, -0.05) is 36.4 Å². The molecule has 0 bridgehead atoms. The van der Waals surface area contributed by atoms with Gasteiger partial charge in [0, 0.05) is 30.3 Å². The smallest absolute Gasteiger partial charge is 0.260 e. The minimum atomic E-state index is -0.243. The maximum Gasteiger partial charge on any atom is 0.260 e. The summed E-state index contributed by atoms with van der Waals surface area (Å²) in [6.45, 7) is 0.694. The Labute approximate surface area is 199 Å². The van der Waals surface area contributed by atoms with Crippen molar-refractivity contribution in [1.29, 1.82) is 0 Å². The molecule has 2 aromatic carbocycles. The predicted octanol–water partition coefficient (Wildman–Crippen LogP) is 2.75. The van der Waals surface area contributed by atoms with Gasteiger partial charge >= 0.3 is 0 Å². The summed E-state index contributed by atoms with van der Waals surface area (Å²) in [4.78, 5) is 52.5. The van der Waals surface area contributed by atoms with Crippen LogP contribution in [0.2, 0.25) is 0 Å². The number of carbonyl (C=O) groups is 4. The fourth-order valence-electron chi connectivity index (χ4n) is 4.42. The molecule has 33 heavy (non-hydrogen) atoms. The van der Waals surface area contributed by atoms with E-state index in [0.29, 0.717) is 49.9 Å². The highest BCUT2D eigenvalue weighted by Crippen LogP contribution is 2.21. The van der Waals surface area contributed by atoms with Crippen LogP contribution in [0.3, 0.4) is 0 Å². The van der Waals surface area contributed by atoms with Gasteiger partial charge in [0.1, 0.15) is 0 Å². The first-order valence-electron chi connectivity index (χ1n) is 11.1. The van der Waals surface area contributed by atoms with Crippen LogP contribution in [0.5, 0.6) is 0 Å². The van der Waals surface area contributed by atoms with Crippen molar-refractivity contribution < 1.29 is 19.2 Å². The minimum Gasteiger partial charge on any atom is -0.328 e. The monoisotopic (exact) mass is 469 g/mol. The number of fused-ring (bicyclic) bond motifs is 2. The first-order chi connectivity index (χ1) is 15.5.